The first-order chi connectivity index (χ1) is 9.58. The lowest BCUT2D eigenvalue weighted by atomic mass is 10.0. The summed E-state index contributed by atoms with van der Waals surface area (Å²) in [4.78, 5) is 17.9. The molecule has 1 fully saturated rings. The van der Waals surface area contributed by atoms with E-state index in [1.54, 1.807) is 6.07 Å². The first kappa shape index (κ1) is 14.8. The first-order valence-corrected chi connectivity index (χ1v) is 7.35. The highest BCUT2D eigenvalue weighted by Crippen LogP contribution is 2.17. The van der Waals surface area contributed by atoms with Gasteiger partial charge in [-0.25, -0.2) is 4.98 Å². The van der Waals surface area contributed by atoms with Crippen molar-refractivity contribution in [1.29, 1.82) is 0 Å². The largest absolute Gasteiger partial charge is 0.364 e. The maximum absolute atomic E-state index is 11.3. The van der Waals surface area contributed by atoms with Crippen LogP contribution < -0.4 is 16.0 Å². The zero-order chi connectivity index (χ0) is 14.5. The highest BCUT2D eigenvalue weighted by atomic mass is 16.1. The van der Waals surface area contributed by atoms with Gasteiger partial charge in [0.25, 0.3) is 5.91 Å². The Balaban J connectivity index is 2.15. The van der Waals surface area contributed by atoms with Gasteiger partial charge in [0.05, 0.1) is 0 Å². The first-order valence-electron chi connectivity index (χ1n) is 7.35. The van der Waals surface area contributed by atoms with E-state index in [9.17, 15) is 4.79 Å². The molecule has 5 nitrogen and oxygen atoms in total. The molecule has 1 aromatic rings. The second-order valence-corrected chi connectivity index (χ2v) is 5.64. The highest BCUT2D eigenvalue weighted by Gasteiger charge is 2.20. The number of pyridine rings is 1. The van der Waals surface area contributed by atoms with E-state index < -0.39 is 5.91 Å². The van der Waals surface area contributed by atoms with Crippen LogP contribution in [0.15, 0.2) is 18.2 Å². The minimum Gasteiger partial charge on any atom is -0.364 e. The van der Waals surface area contributed by atoms with Gasteiger partial charge in [-0.2, -0.15) is 0 Å². The van der Waals surface area contributed by atoms with Gasteiger partial charge in [-0.15, -0.1) is 0 Å². The van der Waals surface area contributed by atoms with Crippen molar-refractivity contribution < 1.29 is 4.79 Å². The summed E-state index contributed by atoms with van der Waals surface area (Å²) >= 11 is 0. The number of piperidine rings is 1. The molecule has 1 unspecified atom stereocenters. The van der Waals surface area contributed by atoms with Crippen LogP contribution in [-0.2, 0) is 0 Å². The summed E-state index contributed by atoms with van der Waals surface area (Å²) in [5, 5.41) is 3.55. The third-order valence-electron chi connectivity index (χ3n) is 3.73. The van der Waals surface area contributed by atoms with Gasteiger partial charge < -0.3 is 16.0 Å². The Morgan fingerprint density at radius 1 is 1.50 bits per heavy atom. The zero-order valence-electron chi connectivity index (χ0n) is 12.3. The summed E-state index contributed by atoms with van der Waals surface area (Å²) in [6.07, 6.45) is 3.73. The lowest BCUT2D eigenvalue weighted by Gasteiger charge is -2.34. The molecule has 110 valence electrons. The van der Waals surface area contributed by atoms with E-state index in [1.807, 2.05) is 12.1 Å². The summed E-state index contributed by atoms with van der Waals surface area (Å²) < 4.78 is 0. The third kappa shape index (κ3) is 3.70. The quantitative estimate of drug-likeness (QED) is 0.855. The molecule has 0 aliphatic carbocycles. The number of rotatable bonds is 5. The average molecular weight is 276 g/mol. The number of aromatic nitrogens is 1. The summed E-state index contributed by atoms with van der Waals surface area (Å²) in [6, 6.07) is 6.25. The average Bonchev–Trinajstić information content (AvgIpc) is 2.45. The summed E-state index contributed by atoms with van der Waals surface area (Å²) in [5.74, 6) is 0.343. The smallest absolute Gasteiger partial charge is 0.267 e. The van der Waals surface area contributed by atoms with Crippen molar-refractivity contribution in [3.8, 4) is 0 Å². The predicted molar refractivity (Wildman–Crippen MR) is 80.9 cm³/mol. The number of amides is 1. The second-order valence-electron chi connectivity index (χ2n) is 5.64. The van der Waals surface area contributed by atoms with Crippen molar-refractivity contribution in [2.75, 3.05) is 18.0 Å². The van der Waals surface area contributed by atoms with Crippen molar-refractivity contribution in [2.45, 2.75) is 45.2 Å². The molecule has 0 aromatic carbocycles. The molecular weight excluding hydrogens is 252 g/mol. The number of carbonyl (C=O) groups is 1. The Labute approximate surface area is 120 Å². The van der Waals surface area contributed by atoms with E-state index in [-0.39, 0.29) is 0 Å². The molecule has 1 amide bonds. The molecule has 0 saturated carbocycles. The topological polar surface area (TPSA) is 71.2 Å². The minimum atomic E-state index is -0.480. The van der Waals surface area contributed by atoms with E-state index in [4.69, 9.17) is 5.73 Å². The van der Waals surface area contributed by atoms with Gasteiger partial charge in [0.1, 0.15) is 11.5 Å². The van der Waals surface area contributed by atoms with Crippen LogP contribution in [0.5, 0.6) is 0 Å². The third-order valence-corrected chi connectivity index (χ3v) is 3.73. The Hall–Kier alpha value is -1.62. The Bertz CT molecular complexity index is 455. The van der Waals surface area contributed by atoms with Gasteiger partial charge in [0.15, 0.2) is 0 Å². The van der Waals surface area contributed by atoms with Gasteiger partial charge in [0, 0.05) is 18.6 Å². The molecule has 0 radical (unpaired) electrons. The normalized spacial score (nSPS) is 19.1. The molecule has 1 aliphatic heterocycles. The molecule has 1 atom stereocenters. The highest BCUT2D eigenvalue weighted by molar-refractivity contribution is 5.91. The van der Waals surface area contributed by atoms with E-state index in [1.165, 1.54) is 19.3 Å². The number of primary amides is 1. The number of carbonyl (C=O) groups excluding carboxylic acids is 1. The molecule has 5 heteroatoms. The van der Waals surface area contributed by atoms with Gasteiger partial charge in [-0.3, -0.25) is 4.79 Å². The van der Waals surface area contributed by atoms with Crippen LogP contribution in [0.2, 0.25) is 0 Å². The van der Waals surface area contributed by atoms with Crippen molar-refractivity contribution in [3.63, 3.8) is 0 Å². The van der Waals surface area contributed by atoms with Crippen LogP contribution >= 0.6 is 0 Å². The van der Waals surface area contributed by atoms with Crippen LogP contribution in [0, 0.1) is 0 Å². The molecule has 20 heavy (non-hydrogen) atoms. The fourth-order valence-electron chi connectivity index (χ4n) is 2.61. The molecule has 2 heterocycles. The molecule has 1 aliphatic rings. The van der Waals surface area contributed by atoms with E-state index >= 15 is 0 Å². The van der Waals surface area contributed by atoms with E-state index in [2.05, 4.69) is 29.0 Å². The van der Waals surface area contributed by atoms with E-state index in [0.29, 0.717) is 17.8 Å². The molecule has 0 spiro atoms. The number of nitrogens with zero attached hydrogens (tertiary/aromatic N) is 2. The van der Waals surface area contributed by atoms with Gasteiger partial charge in [-0.05, 0) is 45.4 Å². The van der Waals surface area contributed by atoms with Crippen LogP contribution in [0.25, 0.3) is 0 Å². The summed E-state index contributed by atoms with van der Waals surface area (Å²) in [6.45, 7) is 6.28. The lowest BCUT2D eigenvalue weighted by Crippen LogP contribution is -2.46. The molecule has 0 bridgehead atoms. The SMILES string of the molecule is CC(C)N(CC1CCCCN1)c1cccc(C(N)=O)n1. The number of hydrogen-bond acceptors (Lipinski definition) is 4. The lowest BCUT2D eigenvalue weighted by molar-refractivity contribution is 0.0995. The predicted octanol–water partition coefficient (Wildman–Crippen LogP) is 1.54. The van der Waals surface area contributed by atoms with Gasteiger partial charge >= 0.3 is 0 Å². The fraction of sp³-hybridized carbons (Fsp3) is 0.600. The molecule has 3 N–H and O–H groups in total. The fourth-order valence-corrected chi connectivity index (χ4v) is 2.61. The standard InChI is InChI=1S/C15H24N4O/c1-11(2)19(10-12-6-3-4-9-17-12)14-8-5-7-13(18-14)15(16)20/h5,7-8,11-12,17H,3-4,6,9-10H2,1-2H3,(H2,16,20). The number of nitrogens with two attached hydrogens (primary N) is 1. The Morgan fingerprint density at radius 2 is 2.30 bits per heavy atom. The van der Waals surface area contributed by atoms with Crippen LogP contribution in [0.3, 0.4) is 0 Å². The van der Waals surface area contributed by atoms with Crippen molar-refractivity contribution >= 4 is 11.7 Å². The maximum atomic E-state index is 11.3. The molecular formula is C15H24N4O. The van der Waals surface area contributed by atoms with Crippen molar-refractivity contribution in [2.24, 2.45) is 5.73 Å². The van der Waals surface area contributed by atoms with Crippen LogP contribution in [0.1, 0.15) is 43.6 Å². The molecule has 1 aromatic heterocycles. The minimum absolute atomic E-state index is 0.324. The van der Waals surface area contributed by atoms with Crippen molar-refractivity contribution in [1.82, 2.24) is 10.3 Å². The van der Waals surface area contributed by atoms with Crippen LogP contribution in [-0.4, -0.2) is 36.1 Å². The number of nitrogens with one attached hydrogen (secondary N) is 1. The monoisotopic (exact) mass is 276 g/mol. The Kier molecular flexibility index (Phi) is 4.95. The maximum Gasteiger partial charge on any atom is 0.267 e. The summed E-state index contributed by atoms with van der Waals surface area (Å²) in [7, 11) is 0. The van der Waals surface area contributed by atoms with Crippen molar-refractivity contribution in [3.05, 3.63) is 23.9 Å². The number of anilines is 1. The second kappa shape index (κ2) is 6.70. The zero-order valence-corrected chi connectivity index (χ0v) is 12.3. The summed E-state index contributed by atoms with van der Waals surface area (Å²) in [5.41, 5.74) is 5.63. The van der Waals surface area contributed by atoms with Crippen LogP contribution in [0.4, 0.5) is 5.82 Å². The molecule has 2 rings (SSSR count). The molecule has 1 saturated heterocycles. The van der Waals surface area contributed by atoms with Gasteiger partial charge in [-0.1, -0.05) is 12.5 Å². The Morgan fingerprint density at radius 3 is 2.90 bits per heavy atom. The number of hydrogen-bond donors (Lipinski definition) is 2. The van der Waals surface area contributed by atoms with E-state index in [0.717, 1.165) is 18.9 Å². The van der Waals surface area contributed by atoms with Gasteiger partial charge in [0.2, 0.25) is 0 Å².